The summed E-state index contributed by atoms with van der Waals surface area (Å²) < 4.78 is 0. The lowest BCUT2D eigenvalue weighted by atomic mass is 9.60. The fraction of sp³-hybridized carbons (Fsp3) is 0.391. The molecule has 3 atom stereocenters. The summed E-state index contributed by atoms with van der Waals surface area (Å²) in [6.07, 6.45) is 5.21. The summed E-state index contributed by atoms with van der Waals surface area (Å²) in [5.41, 5.74) is 7.28. The van der Waals surface area contributed by atoms with Crippen LogP contribution in [0.25, 0.3) is 22.2 Å². The molecule has 0 amide bonds. The Kier molecular flexibility index (Phi) is 3.25. The van der Waals surface area contributed by atoms with Crippen molar-refractivity contribution in [1.82, 2.24) is 9.97 Å². The first-order chi connectivity index (χ1) is 12.1. The van der Waals surface area contributed by atoms with Crippen LogP contribution >= 0.6 is 0 Å². The van der Waals surface area contributed by atoms with Gasteiger partial charge in [-0.1, -0.05) is 56.7 Å². The molecule has 25 heavy (non-hydrogen) atoms. The van der Waals surface area contributed by atoms with Gasteiger partial charge in [-0.3, -0.25) is 0 Å². The summed E-state index contributed by atoms with van der Waals surface area (Å²) in [4.78, 5) is 10.3. The standard InChI is InChI=1S/C23H24N2/c1-15-18-9-6-12-23(2,14-18)22-21(15)24-19-11-10-17(13-20(19)25-22)16-7-4-3-5-8-16/h3-5,7-8,10-11,13,15,18H,6,9,12,14H2,1-2H3. The average molecular weight is 328 g/mol. The summed E-state index contributed by atoms with van der Waals surface area (Å²) in [5, 5.41) is 0. The summed E-state index contributed by atoms with van der Waals surface area (Å²) in [5.74, 6) is 1.32. The van der Waals surface area contributed by atoms with Gasteiger partial charge in [-0.2, -0.15) is 0 Å². The van der Waals surface area contributed by atoms with E-state index >= 15 is 0 Å². The molecule has 1 heterocycles. The van der Waals surface area contributed by atoms with Gasteiger partial charge in [0.15, 0.2) is 0 Å². The van der Waals surface area contributed by atoms with Crippen LogP contribution < -0.4 is 0 Å². The van der Waals surface area contributed by atoms with Gasteiger partial charge in [0.2, 0.25) is 0 Å². The van der Waals surface area contributed by atoms with Crippen molar-refractivity contribution in [3.05, 3.63) is 59.9 Å². The molecule has 0 saturated heterocycles. The zero-order valence-electron chi connectivity index (χ0n) is 15.0. The second kappa shape index (κ2) is 5.39. The van der Waals surface area contributed by atoms with Crippen LogP contribution in [0.2, 0.25) is 0 Å². The molecule has 2 aromatic carbocycles. The van der Waals surface area contributed by atoms with E-state index in [1.165, 1.54) is 48.2 Å². The molecule has 0 radical (unpaired) electrons. The third kappa shape index (κ3) is 2.31. The first-order valence-electron chi connectivity index (χ1n) is 9.52. The molecule has 2 nitrogen and oxygen atoms in total. The van der Waals surface area contributed by atoms with E-state index in [0.29, 0.717) is 5.92 Å². The number of rotatable bonds is 1. The molecule has 2 heteroatoms. The van der Waals surface area contributed by atoms with Crippen molar-refractivity contribution < 1.29 is 0 Å². The fourth-order valence-corrected chi connectivity index (χ4v) is 5.04. The monoisotopic (exact) mass is 328 g/mol. The van der Waals surface area contributed by atoms with Crippen LogP contribution in [0.4, 0.5) is 0 Å². The maximum absolute atomic E-state index is 5.18. The smallest absolute Gasteiger partial charge is 0.0896 e. The molecule has 2 aliphatic carbocycles. The highest BCUT2D eigenvalue weighted by Gasteiger charge is 2.44. The largest absolute Gasteiger partial charge is 0.249 e. The van der Waals surface area contributed by atoms with Gasteiger partial charge in [-0.05, 0) is 48.4 Å². The van der Waals surface area contributed by atoms with Crippen molar-refractivity contribution in [3.63, 3.8) is 0 Å². The van der Waals surface area contributed by atoms with Crippen molar-refractivity contribution in [1.29, 1.82) is 0 Å². The number of nitrogens with zero attached hydrogens (tertiary/aromatic N) is 2. The van der Waals surface area contributed by atoms with Gasteiger partial charge in [0.1, 0.15) is 0 Å². The van der Waals surface area contributed by atoms with Gasteiger partial charge < -0.3 is 0 Å². The van der Waals surface area contributed by atoms with Crippen molar-refractivity contribution in [2.45, 2.75) is 50.9 Å². The topological polar surface area (TPSA) is 25.8 Å². The first kappa shape index (κ1) is 15.1. The predicted octanol–water partition coefficient (Wildman–Crippen LogP) is 5.86. The average Bonchev–Trinajstić information content (AvgIpc) is 2.66. The molecule has 2 aliphatic rings. The molecule has 2 bridgehead atoms. The van der Waals surface area contributed by atoms with Crippen LogP contribution in [0.1, 0.15) is 56.8 Å². The van der Waals surface area contributed by atoms with Crippen LogP contribution in [0.15, 0.2) is 48.5 Å². The van der Waals surface area contributed by atoms with Crippen molar-refractivity contribution in [2.75, 3.05) is 0 Å². The quantitative estimate of drug-likeness (QED) is 0.559. The summed E-state index contributed by atoms with van der Waals surface area (Å²) in [7, 11) is 0. The summed E-state index contributed by atoms with van der Waals surface area (Å²) >= 11 is 0. The molecule has 0 spiro atoms. The van der Waals surface area contributed by atoms with Gasteiger partial charge in [0.05, 0.1) is 22.4 Å². The van der Waals surface area contributed by atoms with Crippen molar-refractivity contribution in [3.8, 4) is 11.1 Å². The molecule has 5 rings (SSSR count). The molecular weight excluding hydrogens is 304 g/mol. The number of fused-ring (bicyclic) bond motifs is 5. The highest BCUT2D eigenvalue weighted by Crippen LogP contribution is 2.52. The molecule has 1 fully saturated rings. The third-order valence-corrected chi connectivity index (χ3v) is 6.52. The van der Waals surface area contributed by atoms with E-state index in [9.17, 15) is 0 Å². The summed E-state index contributed by atoms with van der Waals surface area (Å²) in [6.45, 7) is 4.76. The number of benzene rings is 2. The number of aromatic nitrogens is 2. The van der Waals surface area contributed by atoms with E-state index in [-0.39, 0.29) is 5.41 Å². The molecule has 3 aromatic rings. The minimum Gasteiger partial charge on any atom is -0.249 e. The van der Waals surface area contributed by atoms with E-state index < -0.39 is 0 Å². The number of hydrogen-bond donors (Lipinski definition) is 0. The molecule has 3 unspecified atom stereocenters. The van der Waals surface area contributed by atoms with Crippen LogP contribution in [-0.2, 0) is 5.41 Å². The Labute approximate surface area is 149 Å². The SMILES string of the molecule is CC1c2nc3ccc(-c4ccccc4)cc3nc2C2(C)CCCC1C2. The van der Waals surface area contributed by atoms with Gasteiger partial charge in [-0.25, -0.2) is 9.97 Å². The van der Waals surface area contributed by atoms with Crippen LogP contribution in [0.5, 0.6) is 0 Å². The van der Waals surface area contributed by atoms with Gasteiger partial charge in [-0.15, -0.1) is 0 Å². The highest BCUT2D eigenvalue weighted by atomic mass is 14.9. The van der Waals surface area contributed by atoms with Crippen molar-refractivity contribution in [2.24, 2.45) is 5.92 Å². The maximum Gasteiger partial charge on any atom is 0.0896 e. The Morgan fingerprint density at radius 3 is 2.64 bits per heavy atom. The van der Waals surface area contributed by atoms with E-state index in [1.807, 2.05) is 0 Å². The normalized spacial score (nSPS) is 27.9. The Morgan fingerprint density at radius 1 is 0.960 bits per heavy atom. The first-order valence-corrected chi connectivity index (χ1v) is 9.52. The lowest BCUT2D eigenvalue weighted by Gasteiger charge is -2.45. The van der Waals surface area contributed by atoms with Gasteiger partial charge in [0, 0.05) is 11.3 Å². The van der Waals surface area contributed by atoms with Crippen molar-refractivity contribution >= 4 is 11.0 Å². The van der Waals surface area contributed by atoms with Crippen LogP contribution in [0.3, 0.4) is 0 Å². The second-order valence-electron chi connectivity index (χ2n) is 8.23. The van der Waals surface area contributed by atoms with E-state index in [0.717, 1.165) is 17.0 Å². The molecular formula is C23H24N2. The fourth-order valence-electron chi connectivity index (χ4n) is 5.04. The Morgan fingerprint density at radius 2 is 1.80 bits per heavy atom. The highest BCUT2D eigenvalue weighted by molar-refractivity contribution is 5.81. The minimum atomic E-state index is 0.217. The third-order valence-electron chi connectivity index (χ3n) is 6.52. The number of hydrogen-bond acceptors (Lipinski definition) is 2. The van der Waals surface area contributed by atoms with E-state index in [2.05, 4.69) is 62.4 Å². The van der Waals surface area contributed by atoms with Crippen LogP contribution in [0, 0.1) is 5.92 Å². The second-order valence-corrected chi connectivity index (χ2v) is 8.23. The van der Waals surface area contributed by atoms with Gasteiger partial charge >= 0.3 is 0 Å². The molecule has 0 N–H and O–H groups in total. The lowest BCUT2D eigenvalue weighted by Crippen LogP contribution is -2.39. The molecule has 1 aromatic heterocycles. The van der Waals surface area contributed by atoms with Crippen LogP contribution in [-0.4, -0.2) is 9.97 Å². The minimum absolute atomic E-state index is 0.217. The van der Waals surface area contributed by atoms with E-state index in [1.54, 1.807) is 0 Å². The van der Waals surface area contributed by atoms with Gasteiger partial charge in [0.25, 0.3) is 0 Å². The Bertz CT molecular complexity index is 947. The summed E-state index contributed by atoms with van der Waals surface area (Å²) in [6, 6.07) is 17.1. The zero-order chi connectivity index (χ0) is 17.0. The lowest BCUT2D eigenvalue weighted by molar-refractivity contribution is 0.183. The zero-order valence-corrected chi connectivity index (χ0v) is 15.0. The van der Waals surface area contributed by atoms with E-state index in [4.69, 9.17) is 9.97 Å². The molecule has 0 aliphatic heterocycles. The predicted molar refractivity (Wildman–Crippen MR) is 103 cm³/mol. The Hall–Kier alpha value is -2.22. The molecule has 1 saturated carbocycles. The maximum atomic E-state index is 5.18. The Balaban J connectivity index is 1.70. The molecule has 126 valence electrons.